The van der Waals surface area contributed by atoms with E-state index >= 15 is 0 Å². The number of amides is 1. The minimum Gasteiger partial charge on any atom is -0.452 e. The van der Waals surface area contributed by atoms with Gasteiger partial charge in [-0.2, -0.15) is 0 Å². The first kappa shape index (κ1) is 13.0. The predicted molar refractivity (Wildman–Crippen MR) is 64.6 cm³/mol. The maximum Gasteiger partial charge on any atom is 0.338 e. The highest BCUT2D eigenvalue weighted by molar-refractivity contribution is 5.93. The second-order valence-corrected chi connectivity index (χ2v) is 3.94. The number of carbonyl (C=O) groups excluding carboxylic acids is 2. The van der Waals surface area contributed by atoms with Crippen LogP contribution >= 0.6 is 0 Å². The first-order valence-corrected chi connectivity index (χ1v) is 5.15. The van der Waals surface area contributed by atoms with E-state index in [1.165, 1.54) is 11.0 Å². The van der Waals surface area contributed by atoms with Gasteiger partial charge >= 0.3 is 5.97 Å². The van der Waals surface area contributed by atoms with Gasteiger partial charge in [0.15, 0.2) is 6.61 Å². The van der Waals surface area contributed by atoms with Crippen molar-refractivity contribution in [2.24, 2.45) is 0 Å². The lowest BCUT2D eigenvalue weighted by Gasteiger charge is -2.11. The number of carbonyl (C=O) groups is 2. The first-order valence-electron chi connectivity index (χ1n) is 5.15. The second kappa shape index (κ2) is 5.34. The molecule has 0 aromatic heterocycles. The number of ether oxygens (including phenoxy) is 1. The average Bonchev–Trinajstić information content (AvgIpc) is 2.28. The van der Waals surface area contributed by atoms with Crippen molar-refractivity contribution in [3.8, 4) is 0 Å². The highest BCUT2D eigenvalue weighted by Gasteiger charge is 2.13. The molecule has 0 bridgehead atoms. The van der Waals surface area contributed by atoms with Crippen molar-refractivity contribution >= 4 is 17.6 Å². The molecule has 0 aliphatic heterocycles. The van der Waals surface area contributed by atoms with E-state index in [4.69, 9.17) is 10.5 Å². The van der Waals surface area contributed by atoms with Crippen LogP contribution in [0.1, 0.15) is 15.9 Å². The van der Waals surface area contributed by atoms with E-state index in [0.29, 0.717) is 11.3 Å². The molecular formula is C12H16N2O3. The third-order valence-corrected chi connectivity index (χ3v) is 2.31. The highest BCUT2D eigenvalue weighted by atomic mass is 16.5. The van der Waals surface area contributed by atoms with Crippen LogP contribution in [0.3, 0.4) is 0 Å². The van der Waals surface area contributed by atoms with E-state index in [2.05, 4.69) is 0 Å². The summed E-state index contributed by atoms with van der Waals surface area (Å²) in [5.74, 6) is -0.801. The molecule has 0 saturated carbocycles. The van der Waals surface area contributed by atoms with Crippen LogP contribution in [0.25, 0.3) is 0 Å². The van der Waals surface area contributed by atoms with E-state index in [9.17, 15) is 9.59 Å². The summed E-state index contributed by atoms with van der Waals surface area (Å²) in [5, 5.41) is 0. The largest absolute Gasteiger partial charge is 0.452 e. The van der Waals surface area contributed by atoms with E-state index in [0.717, 1.165) is 5.56 Å². The van der Waals surface area contributed by atoms with E-state index in [-0.39, 0.29) is 12.5 Å². The Morgan fingerprint density at radius 2 is 2.00 bits per heavy atom. The number of hydrogen-bond donors (Lipinski definition) is 1. The standard InChI is InChI=1S/C12H16N2O3/c1-8-4-5-9(13)6-10(8)12(16)17-7-11(15)14(2)3/h4-6H,7,13H2,1-3H3. The van der Waals surface area contributed by atoms with E-state index < -0.39 is 5.97 Å². The molecule has 0 radical (unpaired) electrons. The SMILES string of the molecule is Cc1ccc(N)cc1C(=O)OCC(=O)N(C)C. The van der Waals surface area contributed by atoms with Crippen LogP contribution in [-0.4, -0.2) is 37.5 Å². The van der Waals surface area contributed by atoms with Gasteiger partial charge in [-0.1, -0.05) is 6.07 Å². The van der Waals surface area contributed by atoms with E-state index in [1.807, 2.05) is 0 Å². The number of benzene rings is 1. The molecular weight excluding hydrogens is 220 g/mol. The summed E-state index contributed by atoms with van der Waals surface area (Å²) in [6, 6.07) is 4.98. The number of nitrogen functional groups attached to an aromatic ring is 1. The fourth-order valence-electron chi connectivity index (χ4n) is 1.19. The summed E-state index contributed by atoms with van der Waals surface area (Å²) in [6.45, 7) is 1.52. The van der Waals surface area contributed by atoms with Gasteiger partial charge in [-0.3, -0.25) is 4.79 Å². The van der Waals surface area contributed by atoms with E-state index in [1.54, 1.807) is 33.2 Å². The van der Waals surface area contributed by atoms with Crippen molar-refractivity contribution < 1.29 is 14.3 Å². The van der Waals surface area contributed by atoms with Crippen LogP contribution in [0, 0.1) is 6.92 Å². The van der Waals surface area contributed by atoms with Crippen LogP contribution in [0.4, 0.5) is 5.69 Å². The van der Waals surface area contributed by atoms with Crippen LogP contribution in [0.15, 0.2) is 18.2 Å². The third kappa shape index (κ3) is 3.48. The van der Waals surface area contributed by atoms with Crippen molar-refractivity contribution in [1.82, 2.24) is 4.90 Å². The summed E-state index contributed by atoms with van der Waals surface area (Å²) in [5.41, 5.74) is 7.22. The van der Waals surface area contributed by atoms with Gasteiger partial charge in [-0.15, -0.1) is 0 Å². The molecule has 0 unspecified atom stereocenters. The van der Waals surface area contributed by atoms with Gasteiger partial charge < -0.3 is 15.4 Å². The molecule has 5 heteroatoms. The van der Waals surface area contributed by atoms with Crippen LogP contribution in [0.2, 0.25) is 0 Å². The average molecular weight is 236 g/mol. The molecule has 0 spiro atoms. The number of nitrogens with two attached hydrogens (primary N) is 1. The molecule has 0 saturated heterocycles. The number of rotatable bonds is 3. The summed E-state index contributed by atoms with van der Waals surface area (Å²) < 4.78 is 4.90. The minimum atomic E-state index is -0.537. The Labute approximate surface area is 100 Å². The zero-order chi connectivity index (χ0) is 13.0. The van der Waals surface area contributed by atoms with Gasteiger partial charge in [0.2, 0.25) is 0 Å². The lowest BCUT2D eigenvalue weighted by atomic mass is 10.1. The van der Waals surface area contributed by atoms with Crippen molar-refractivity contribution in [3.63, 3.8) is 0 Å². The fraction of sp³-hybridized carbons (Fsp3) is 0.333. The first-order chi connectivity index (χ1) is 7.91. The zero-order valence-corrected chi connectivity index (χ0v) is 10.2. The zero-order valence-electron chi connectivity index (χ0n) is 10.2. The Morgan fingerprint density at radius 3 is 2.59 bits per heavy atom. The van der Waals surface area contributed by atoms with Gasteiger partial charge in [0.05, 0.1) is 5.56 Å². The Kier molecular flexibility index (Phi) is 4.09. The smallest absolute Gasteiger partial charge is 0.338 e. The summed E-state index contributed by atoms with van der Waals surface area (Å²) in [6.07, 6.45) is 0. The molecule has 0 fully saturated rings. The molecule has 17 heavy (non-hydrogen) atoms. The van der Waals surface area contributed by atoms with Crippen LogP contribution in [-0.2, 0) is 9.53 Å². The van der Waals surface area contributed by atoms with Crippen LogP contribution < -0.4 is 5.73 Å². The van der Waals surface area contributed by atoms with Crippen molar-refractivity contribution in [2.45, 2.75) is 6.92 Å². The second-order valence-electron chi connectivity index (χ2n) is 3.94. The van der Waals surface area contributed by atoms with Crippen LogP contribution in [0.5, 0.6) is 0 Å². The summed E-state index contributed by atoms with van der Waals surface area (Å²) in [7, 11) is 3.20. The Balaban J connectivity index is 2.70. The predicted octanol–water partition coefficient (Wildman–Crippen LogP) is 0.822. The molecule has 1 aromatic carbocycles. The number of aryl methyl sites for hydroxylation is 1. The molecule has 2 N–H and O–H groups in total. The van der Waals surface area contributed by atoms with Gasteiger partial charge in [0.1, 0.15) is 0 Å². The molecule has 1 aromatic rings. The highest BCUT2D eigenvalue weighted by Crippen LogP contribution is 2.13. The number of nitrogens with zero attached hydrogens (tertiary/aromatic N) is 1. The normalized spacial score (nSPS) is 9.82. The van der Waals surface area contributed by atoms with Crippen molar-refractivity contribution in [1.29, 1.82) is 0 Å². The number of hydrogen-bond acceptors (Lipinski definition) is 4. The quantitative estimate of drug-likeness (QED) is 0.623. The molecule has 0 aliphatic carbocycles. The molecule has 92 valence electrons. The number of anilines is 1. The van der Waals surface area contributed by atoms with Gasteiger partial charge in [0.25, 0.3) is 5.91 Å². The third-order valence-electron chi connectivity index (χ3n) is 2.31. The Bertz CT molecular complexity index is 441. The van der Waals surface area contributed by atoms with Gasteiger partial charge in [-0.25, -0.2) is 4.79 Å². The maximum absolute atomic E-state index is 11.7. The fourth-order valence-corrected chi connectivity index (χ4v) is 1.19. The van der Waals surface area contributed by atoms with Gasteiger partial charge in [0, 0.05) is 19.8 Å². The monoisotopic (exact) mass is 236 g/mol. The number of esters is 1. The summed E-state index contributed by atoms with van der Waals surface area (Å²) in [4.78, 5) is 24.3. The maximum atomic E-state index is 11.7. The lowest BCUT2D eigenvalue weighted by molar-refractivity contribution is -0.131. The molecule has 5 nitrogen and oxygen atoms in total. The minimum absolute atomic E-state index is 0.264. The Hall–Kier alpha value is -2.04. The lowest BCUT2D eigenvalue weighted by Crippen LogP contribution is -2.27. The molecule has 0 heterocycles. The molecule has 0 atom stereocenters. The van der Waals surface area contributed by atoms with Crippen molar-refractivity contribution in [3.05, 3.63) is 29.3 Å². The Morgan fingerprint density at radius 1 is 1.35 bits per heavy atom. The summed E-state index contributed by atoms with van der Waals surface area (Å²) >= 11 is 0. The molecule has 0 aliphatic rings. The number of likely N-dealkylation sites (N-methyl/N-ethyl adjacent to an activating group) is 1. The topological polar surface area (TPSA) is 72.6 Å². The molecule has 1 rings (SSSR count). The van der Waals surface area contributed by atoms with Crippen molar-refractivity contribution in [2.75, 3.05) is 26.4 Å². The van der Waals surface area contributed by atoms with Gasteiger partial charge in [-0.05, 0) is 24.6 Å². The molecule has 1 amide bonds.